The third-order valence-corrected chi connectivity index (χ3v) is 7.92. The van der Waals surface area contributed by atoms with E-state index in [0.29, 0.717) is 35.5 Å². The summed E-state index contributed by atoms with van der Waals surface area (Å²) in [6.07, 6.45) is -2.86. The largest absolute Gasteiger partial charge is 0.454 e. The predicted molar refractivity (Wildman–Crippen MR) is 164 cm³/mol. The molecular formula is C35H32F3N3O4. The standard InChI is InChI=1S/C35H32F3N3O4/c36-35(37,38)27-14-10-25(11-15-27)29-8-4-5-9-30(29)33(43)40-28-16-12-23(13-17-28)24-18-20-41(21-19-24)32(26-6-2-1-3-7-26)34(44)45-22-31(39)42/h1-17,24,32H,18-22H2,(H2,39,42)(H,40,43). The molecule has 5 rings (SSSR count). The molecule has 1 unspecified atom stereocenters. The number of carbonyl (C=O) groups excluding carboxylic acids is 3. The number of anilines is 1. The van der Waals surface area contributed by atoms with Gasteiger partial charge < -0.3 is 15.8 Å². The summed E-state index contributed by atoms with van der Waals surface area (Å²) in [7, 11) is 0. The van der Waals surface area contributed by atoms with Gasteiger partial charge in [-0.1, -0.05) is 72.8 Å². The van der Waals surface area contributed by atoms with Crippen LogP contribution in [-0.2, 0) is 20.5 Å². The molecule has 1 aliphatic heterocycles. The van der Waals surface area contributed by atoms with Gasteiger partial charge in [0.05, 0.1) is 5.56 Å². The van der Waals surface area contributed by atoms with E-state index in [2.05, 4.69) is 10.2 Å². The maximum absolute atomic E-state index is 13.2. The van der Waals surface area contributed by atoms with Crippen molar-refractivity contribution in [2.24, 2.45) is 5.73 Å². The van der Waals surface area contributed by atoms with Crippen LogP contribution in [0.3, 0.4) is 0 Å². The zero-order valence-corrected chi connectivity index (χ0v) is 24.3. The first kappa shape index (κ1) is 31.5. The minimum absolute atomic E-state index is 0.240. The first-order valence-electron chi connectivity index (χ1n) is 14.5. The van der Waals surface area contributed by atoms with Crippen molar-refractivity contribution in [2.45, 2.75) is 31.0 Å². The molecule has 1 fully saturated rings. The summed E-state index contributed by atoms with van der Waals surface area (Å²) in [6, 6.07) is 27.7. The maximum atomic E-state index is 13.2. The molecule has 7 nitrogen and oxygen atoms in total. The molecule has 2 amide bonds. The van der Waals surface area contributed by atoms with E-state index in [1.807, 2.05) is 54.6 Å². The third-order valence-electron chi connectivity index (χ3n) is 7.92. The Hall–Kier alpha value is -4.96. The Morgan fingerprint density at radius 3 is 2.09 bits per heavy atom. The van der Waals surface area contributed by atoms with Crippen LogP contribution in [0.5, 0.6) is 0 Å². The summed E-state index contributed by atoms with van der Waals surface area (Å²) in [5.41, 5.74) is 8.27. The number of piperidine rings is 1. The van der Waals surface area contributed by atoms with Crippen LogP contribution in [0.4, 0.5) is 18.9 Å². The monoisotopic (exact) mass is 615 g/mol. The molecule has 1 heterocycles. The van der Waals surface area contributed by atoms with Gasteiger partial charge in [-0.25, -0.2) is 4.79 Å². The minimum Gasteiger partial charge on any atom is -0.454 e. The second kappa shape index (κ2) is 13.8. The summed E-state index contributed by atoms with van der Waals surface area (Å²) in [4.78, 5) is 39.4. The van der Waals surface area contributed by atoms with E-state index in [1.165, 1.54) is 12.1 Å². The smallest absolute Gasteiger partial charge is 0.416 e. The number of nitrogens with two attached hydrogens (primary N) is 1. The predicted octanol–water partition coefficient (Wildman–Crippen LogP) is 6.57. The first-order valence-corrected chi connectivity index (χ1v) is 14.5. The fourth-order valence-electron chi connectivity index (χ4n) is 5.65. The number of alkyl halides is 3. The van der Waals surface area contributed by atoms with E-state index in [1.54, 1.807) is 24.3 Å². The maximum Gasteiger partial charge on any atom is 0.416 e. The van der Waals surface area contributed by atoms with Crippen molar-refractivity contribution in [3.05, 3.63) is 125 Å². The molecule has 45 heavy (non-hydrogen) atoms. The van der Waals surface area contributed by atoms with Crippen LogP contribution >= 0.6 is 0 Å². The van der Waals surface area contributed by atoms with Crippen molar-refractivity contribution in [3.8, 4) is 11.1 Å². The molecule has 1 aliphatic rings. The highest BCUT2D eigenvalue weighted by Crippen LogP contribution is 2.34. The van der Waals surface area contributed by atoms with Crippen molar-refractivity contribution < 1.29 is 32.3 Å². The number of benzene rings is 4. The summed E-state index contributed by atoms with van der Waals surface area (Å²) in [5.74, 6) is -1.36. The lowest BCUT2D eigenvalue weighted by atomic mass is 9.88. The molecule has 0 aliphatic carbocycles. The van der Waals surface area contributed by atoms with Gasteiger partial charge >= 0.3 is 12.1 Å². The first-order chi connectivity index (χ1) is 21.6. The number of likely N-dealkylation sites (tertiary alicyclic amines) is 1. The number of nitrogens with zero attached hydrogens (tertiary/aromatic N) is 1. The molecule has 1 saturated heterocycles. The molecule has 3 N–H and O–H groups in total. The Morgan fingerprint density at radius 1 is 0.844 bits per heavy atom. The molecule has 232 valence electrons. The van der Waals surface area contributed by atoms with Crippen molar-refractivity contribution in [1.29, 1.82) is 0 Å². The average molecular weight is 616 g/mol. The Morgan fingerprint density at radius 2 is 1.47 bits per heavy atom. The van der Waals surface area contributed by atoms with Gasteiger partial charge in [-0.3, -0.25) is 14.5 Å². The van der Waals surface area contributed by atoms with Crippen LogP contribution in [0.15, 0.2) is 103 Å². The zero-order valence-electron chi connectivity index (χ0n) is 24.3. The van der Waals surface area contributed by atoms with Gasteiger partial charge in [0.15, 0.2) is 6.61 Å². The number of carbonyl (C=O) groups is 3. The number of primary amides is 1. The topological polar surface area (TPSA) is 102 Å². The highest BCUT2D eigenvalue weighted by Gasteiger charge is 2.33. The number of hydrogen-bond acceptors (Lipinski definition) is 5. The Labute approximate surface area is 258 Å². The highest BCUT2D eigenvalue weighted by molar-refractivity contribution is 6.08. The van der Waals surface area contributed by atoms with Crippen molar-refractivity contribution >= 4 is 23.5 Å². The number of esters is 1. The Bertz CT molecular complexity index is 1630. The highest BCUT2D eigenvalue weighted by atomic mass is 19.4. The van der Waals surface area contributed by atoms with Crippen LogP contribution in [-0.4, -0.2) is 42.4 Å². The van der Waals surface area contributed by atoms with Gasteiger partial charge in [0, 0.05) is 11.3 Å². The summed E-state index contributed by atoms with van der Waals surface area (Å²) >= 11 is 0. The molecule has 0 saturated carbocycles. The average Bonchev–Trinajstić information content (AvgIpc) is 3.05. The van der Waals surface area contributed by atoms with E-state index >= 15 is 0 Å². The van der Waals surface area contributed by atoms with Gasteiger partial charge in [0.2, 0.25) is 0 Å². The van der Waals surface area contributed by atoms with E-state index < -0.39 is 36.3 Å². The van der Waals surface area contributed by atoms with Crippen LogP contribution in [0.2, 0.25) is 0 Å². The van der Waals surface area contributed by atoms with Crippen LogP contribution in [0, 0.1) is 0 Å². The minimum atomic E-state index is -4.44. The van der Waals surface area contributed by atoms with Crippen LogP contribution in [0.25, 0.3) is 11.1 Å². The van der Waals surface area contributed by atoms with Gasteiger partial charge in [0.25, 0.3) is 11.8 Å². The second-order valence-corrected chi connectivity index (χ2v) is 10.9. The molecule has 4 aromatic carbocycles. The molecule has 1 atom stereocenters. The van der Waals surface area contributed by atoms with Crippen LogP contribution in [0.1, 0.15) is 51.8 Å². The van der Waals surface area contributed by atoms with Crippen molar-refractivity contribution in [2.75, 3.05) is 25.0 Å². The lowest BCUT2D eigenvalue weighted by Crippen LogP contribution is -2.41. The van der Waals surface area contributed by atoms with Crippen molar-refractivity contribution in [1.82, 2.24) is 4.90 Å². The van der Waals surface area contributed by atoms with Gasteiger partial charge in [-0.15, -0.1) is 0 Å². The Balaban J connectivity index is 1.23. The summed E-state index contributed by atoms with van der Waals surface area (Å²) in [6.45, 7) is 0.798. The van der Waals surface area contributed by atoms with E-state index in [-0.39, 0.29) is 11.8 Å². The number of halogens is 3. The quantitative estimate of drug-likeness (QED) is 0.207. The van der Waals surface area contributed by atoms with Gasteiger partial charge in [-0.05, 0) is 84.4 Å². The summed E-state index contributed by atoms with van der Waals surface area (Å²) in [5, 5.41) is 2.90. The van der Waals surface area contributed by atoms with Crippen molar-refractivity contribution in [3.63, 3.8) is 0 Å². The molecule has 10 heteroatoms. The van der Waals surface area contributed by atoms with Crippen LogP contribution < -0.4 is 11.1 Å². The van der Waals surface area contributed by atoms with E-state index in [9.17, 15) is 27.6 Å². The molecule has 4 aromatic rings. The number of ether oxygens (including phenoxy) is 1. The third kappa shape index (κ3) is 7.77. The Kier molecular flexibility index (Phi) is 9.63. The number of rotatable bonds is 9. The molecular weight excluding hydrogens is 583 g/mol. The fourth-order valence-corrected chi connectivity index (χ4v) is 5.65. The second-order valence-electron chi connectivity index (χ2n) is 10.9. The lowest BCUT2D eigenvalue weighted by molar-refractivity contribution is -0.154. The molecule has 0 radical (unpaired) electrons. The number of nitrogens with one attached hydrogen (secondary N) is 1. The van der Waals surface area contributed by atoms with E-state index in [0.717, 1.165) is 36.1 Å². The summed E-state index contributed by atoms with van der Waals surface area (Å²) < 4.78 is 44.2. The normalized spacial score (nSPS) is 14.8. The lowest BCUT2D eigenvalue weighted by Gasteiger charge is -2.36. The molecule has 0 bridgehead atoms. The SMILES string of the molecule is NC(=O)COC(=O)C(c1ccccc1)N1CCC(c2ccc(NC(=O)c3ccccc3-c3ccc(C(F)(F)F)cc3)cc2)CC1. The fraction of sp³-hybridized carbons (Fsp3) is 0.229. The number of hydrogen-bond donors (Lipinski definition) is 2. The molecule has 0 aromatic heterocycles. The van der Waals surface area contributed by atoms with E-state index in [4.69, 9.17) is 10.5 Å². The van der Waals surface area contributed by atoms with Gasteiger partial charge in [0.1, 0.15) is 6.04 Å². The number of amides is 2. The van der Waals surface area contributed by atoms with Gasteiger partial charge in [-0.2, -0.15) is 13.2 Å². The molecule has 0 spiro atoms. The zero-order chi connectivity index (χ0) is 32.0.